The van der Waals surface area contributed by atoms with Crippen LogP contribution in [0.3, 0.4) is 0 Å². The molecule has 9 heteroatoms. The van der Waals surface area contributed by atoms with Gasteiger partial charge in [0.25, 0.3) is 11.5 Å². The Labute approximate surface area is 262 Å². The van der Waals surface area contributed by atoms with E-state index in [9.17, 15) is 9.59 Å². The van der Waals surface area contributed by atoms with E-state index in [1.807, 2.05) is 85.8 Å². The minimum atomic E-state index is -0.684. The van der Waals surface area contributed by atoms with Gasteiger partial charge in [0.2, 0.25) is 0 Å². The second kappa shape index (κ2) is 11.3. The summed E-state index contributed by atoms with van der Waals surface area (Å²) >= 11 is 3.05. The number of allylic oxidation sites excluding steroid dienone is 1. The highest BCUT2D eigenvalue weighted by Crippen LogP contribution is 2.47. The van der Waals surface area contributed by atoms with Crippen molar-refractivity contribution in [3.8, 4) is 5.75 Å². The van der Waals surface area contributed by atoms with Crippen LogP contribution in [0.1, 0.15) is 24.1 Å². The van der Waals surface area contributed by atoms with Gasteiger partial charge in [-0.15, -0.1) is 0 Å². The third kappa shape index (κ3) is 4.94. The van der Waals surface area contributed by atoms with Gasteiger partial charge in [-0.3, -0.25) is 14.2 Å². The molecule has 1 amide bonds. The number of carbonyl (C=O) groups excluding carboxylic acids is 1. The quantitative estimate of drug-likeness (QED) is 0.258. The molecule has 0 fully saturated rings. The van der Waals surface area contributed by atoms with Crippen LogP contribution in [-0.4, -0.2) is 24.6 Å². The number of fused-ring (bicyclic) bond motifs is 3. The van der Waals surface area contributed by atoms with E-state index in [-0.39, 0.29) is 11.5 Å². The first-order valence-corrected chi connectivity index (χ1v) is 15.7. The first-order valence-electron chi connectivity index (χ1n) is 14.1. The number of benzene rings is 4. The van der Waals surface area contributed by atoms with Crippen LogP contribution in [0.2, 0.25) is 0 Å². The number of thiazole rings is 1. The molecular weight excluding hydrogens is 589 g/mol. The molecule has 0 radical (unpaired) electrons. The molecule has 0 spiro atoms. The second-order valence-corrected chi connectivity index (χ2v) is 12.6. The van der Waals surface area contributed by atoms with Crippen molar-refractivity contribution in [1.29, 1.82) is 0 Å². The Morgan fingerprint density at radius 1 is 0.932 bits per heavy atom. The SMILES string of the molecule is COc1cccc([C@@H]2C(C(=O)Nc3ccccc3)=C(C)N=c3s/c(=C/c4ccc5c(c4)Sc4ccccc4N5C)c(=O)n32)c1. The summed E-state index contributed by atoms with van der Waals surface area (Å²) in [6, 6.07) is 30.7. The summed E-state index contributed by atoms with van der Waals surface area (Å²) < 4.78 is 7.68. The van der Waals surface area contributed by atoms with E-state index in [0.29, 0.717) is 32.0 Å². The number of anilines is 3. The van der Waals surface area contributed by atoms with Gasteiger partial charge in [0, 0.05) is 22.5 Å². The van der Waals surface area contributed by atoms with Crippen LogP contribution in [0.25, 0.3) is 6.08 Å². The molecule has 0 saturated carbocycles. The number of nitrogens with one attached hydrogen (secondary N) is 1. The number of rotatable bonds is 5. The molecule has 7 rings (SSSR count). The minimum absolute atomic E-state index is 0.202. The smallest absolute Gasteiger partial charge is 0.271 e. The zero-order chi connectivity index (χ0) is 30.4. The lowest BCUT2D eigenvalue weighted by atomic mass is 9.95. The molecule has 0 bridgehead atoms. The number of carbonyl (C=O) groups is 1. The summed E-state index contributed by atoms with van der Waals surface area (Å²) in [6.07, 6.45) is 1.91. The molecule has 0 aliphatic carbocycles. The molecule has 0 unspecified atom stereocenters. The van der Waals surface area contributed by atoms with Gasteiger partial charge in [-0.25, -0.2) is 4.99 Å². The molecule has 0 saturated heterocycles. The highest BCUT2D eigenvalue weighted by atomic mass is 32.2. The van der Waals surface area contributed by atoms with Crippen LogP contribution in [0.5, 0.6) is 5.75 Å². The standard InChI is InChI=1S/C35H28N4O3S2/c1-21-31(33(40)37-24-11-5-4-6-12-24)32(23-10-9-13-25(20-23)42-3)39-34(41)30(44-35(39)36-21)19-22-16-17-27-29(18-22)43-28-15-8-7-14-26(28)38(27)2/h4-20,32H,1-3H3,(H,37,40)/b30-19+/t32-/m1/s1. The molecule has 218 valence electrons. The van der Waals surface area contributed by atoms with Crippen LogP contribution in [0, 0.1) is 0 Å². The molecule has 44 heavy (non-hydrogen) atoms. The lowest BCUT2D eigenvalue weighted by Crippen LogP contribution is -2.40. The summed E-state index contributed by atoms with van der Waals surface area (Å²) in [4.78, 5) is 37.8. The maximum absolute atomic E-state index is 14.2. The van der Waals surface area contributed by atoms with Gasteiger partial charge in [-0.2, -0.15) is 0 Å². The molecule has 1 atom stereocenters. The first-order chi connectivity index (χ1) is 21.4. The Morgan fingerprint density at radius 3 is 2.52 bits per heavy atom. The zero-order valence-corrected chi connectivity index (χ0v) is 25.9. The van der Waals surface area contributed by atoms with E-state index in [1.54, 1.807) is 23.4 Å². The van der Waals surface area contributed by atoms with Gasteiger partial charge in [-0.05, 0) is 72.7 Å². The predicted octanol–water partition coefficient (Wildman–Crippen LogP) is 6.12. The molecule has 2 aliphatic heterocycles. The number of ether oxygens (including phenoxy) is 1. The van der Waals surface area contributed by atoms with E-state index in [4.69, 9.17) is 9.73 Å². The van der Waals surface area contributed by atoms with E-state index in [2.05, 4.69) is 41.5 Å². The summed E-state index contributed by atoms with van der Waals surface area (Å²) in [5.74, 6) is 0.330. The Bertz CT molecular complexity index is 2150. The molecule has 1 N–H and O–H groups in total. The van der Waals surface area contributed by atoms with Crippen molar-refractivity contribution >= 4 is 52.1 Å². The molecular formula is C35H28N4O3S2. The number of methoxy groups -OCH3 is 1. The maximum atomic E-state index is 14.2. The fourth-order valence-electron chi connectivity index (χ4n) is 5.66. The van der Waals surface area contributed by atoms with Crippen molar-refractivity contribution in [3.63, 3.8) is 0 Å². The van der Waals surface area contributed by atoms with E-state index in [0.717, 1.165) is 21.7 Å². The van der Waals surface area contributed by atoms with Crippen LogP contribution < -0.4 is 29.8 Å². The topological polar surface area (TPSA) is 75.9 Å². The molecule has 4 aromatic carbocycles. The van der Waals surface area contributed by atoms with E-state index >= 15 is 0 Å². The van der Waals surface area contributed by atoms with Gasteiger partial charge >= 0.3 is 0 Å². The normalized spacial score (nSPS) is 15.7. The van der Waals surface area contributed by atoms with Crippen LogP contribution >= 0.6 is 23.1 Å². The van der Waals surface area contributed by atoms with E-state index < -0.39 is 6.04 Å². The summed E-state index contributed by atoms with van der Waals surface area (Å²) in [6.45, 7) is 1.82. The average Bonchev–Trinajstić information content (AvgIpc) is 3.34. The molecule has 7 nitrogen and oxygen atoms in total. The van der Waals surface area contributed by atoms with Crippen LogP contribution in [0.15, 0.2) is 128 Å². The van der Waals surface area contributed by atoms with Gasteiger partial charge in [0.05, 0.1) is 40.3 Å². The van der Waals surface area contributed by atoms with Gasteiger partial charge < -0.3 is 15.0 Å². The van der Waals surface area contributed by atoms with Gasteiger partial charge in [-0.1, -0.05) is 71.6 Å². The van der Waals surface area contributed by atoms with Crippen LogP contribution in [0.4, 0.5) is 17.1 Å². The molecule has 5 aromatic rings. The summed E-state index contributed by atoms with van der Waals surface area (Å²) in [5.41, 5.74) is 5.41. The Balaban J connectivity index is 1.33. The summed E-state index contributed by atoms with van der Waals surface area (Å²) in [5, 5.41) is 2.99. The lowest BCUT2D eigenvalue weighted by molar-refractivity contribution is -0.113. The third-order valence-corrected chi connectivity index (χ3v) is 9.89. The monoisotopic (exact) mass is 616 g/mol. The van der Waals surface area contributed by atoms with Crippen molar-refractivity contribution in [2.75, 3.05) is 24.4 Å². The third-order valence-electron chi connectivity index (χ3n) is 7.80. The molecule has 3 heterocycles. The Morgan fingerprint density at radius 2 is 1.70 bits per heavy atom. The van der Waals surface area contributed by atoms with Crippen molar-refractivity contribution in [2.45, 2.75) is 22.8 Å². The van der Waals surface area contributed by atoms with E-state index in [1.165, 1.54) is 21.9 Å². The number of nitrogens with zero attached hydrogens (tertiary/aromatic N) is 3. The molecule has 2 aliphatic rings. The van der Waals surface area contributed by atoms with Crippen molar-refractivity contribution in [3.05, 3.63) is 139 Å². The first kappa shape index (κ1) is 27.9. The number of amides is 1. The van der Waals surface area contributed by atoms with Crippen molar-refractivity contribution < 1.29 is 9.53 Å². The van der Waals surface area contributed by atoms with Crippen molar-refractivity contribution in [2.24, 2.45) is 4.99 Å². The maximum Gasteiger partial charge on any atom is 0.271 e. The summed E-state index contributed by atoms with van der Waals surface area (Å²) in [7, 11) is 3.67. The number of hydrogen-bond donors (Lipinski definition) is 1. The average molecular weight is 617 g/mol. The zero-order valence-electron chi connectivity index (χ0n) is 24.3. The number of hydrogen-bond acceptors (Lipinski definition) is 7. The highest BCUT2D eigenvalue weighted by Gasteiger charge is 2.33. The highest BCUT2D eigenvalue weighted by molar-refractivity contribution is 7.99. The number of para-hydroxylation sites is 2. The predicted molar refractivity (Wildman–Crippen MR) is 177 cm³/mol. The minimum Gasteiger partial charge on any atom is -0.497 e. The van der Waals surface area contributed by atoms with Crippen LogP contribution in [-0.2, 0) is 4.79 Å². The molecule has 1 aromatic heterocycles. The van der Waals surface area contributed by atoms with Crippen molar-refractivity contribution in [1.82, 2.24) is 4.57 Å². The lowest BCUT2D eigenvalue weighted by Gasteiger charge is -2.29. The van der Waals surface area contributed by atoms with Gasteiger partial charge in [0.15, 0.2) is 4.80 Å². The number of aromatic nitrogens is 1. The largest absolute Gasteiger partial charge is 0.497 e. The Kier molecular flexibility index (Phi) is 7.20. The Hall–Kier alpha value is -4.86. The fourth-order valence-corrected chi connectivity index (χ4v) is 7.90. The van der Waals surface area contributed by atoms with Gasteiger partial charge in [0.1, 0.15) is 5.75 Å². The second-order valence-electron chi connectivity index (χ2n) is 10.5. The fraction of sp³-hybridized carbons (Fsp3) is 0.114.